The highest BCUT2D eigenvalue weighted by Crippen LogP contribution is 2.42. The molecule has 1 fully saturated rings. The molecule has 4 rings (SSSR count). The van der Waals surface area contributed by atoms with Crippen LogP contribution in [0.5, 0.6) is 5.75 Å². The molecule has 1 heterocycles. The molecule has 2 amide bonds. The average molecular weight is 497 g/mol. The molecular formula is C24H21BrN2O3S. The summed E-state index contributed by atoms with van der Waals surface area (Å²) >= 11 is 4.96. The monoisotopic (exact) mass is 496 g/mol. The maximum atomic E-state index is 12.6. The summed E-state index contributed by atoms with van der Waals surface area (Å²) in [6.07, 6.45) is 0. The summed E-state index contributed by atoms with van der Waals surface area (Å²) in [5.41, 5.74) is 3.15. The number of carbonyl (C=O) groups excluding carboxylic acids is 2. The lowest BCUT2D eigenvalue weighted by Crippen LogP contribution is -2.27. The fourth-order valence-corrected chi connectivity index (χ4v) is 4.80. The number of amides is 2. The second-order valence-electron chi connectivity index (χ2n) is 6.94. The average Bonchev–Trinajstić information content (AvgIpc) is 3.17. The van der Waals surface area contributed by atoms with Crippen LogP contribution < -0.4 is 15.0 Å². The van der Waals surface area contributed by atoms with Crippen molar-refractivity contribution in [2.24, 2.45) is 0 Å². The van der Waals surface area contributed by atoms with Gasteiger partial charge in [0.25, 0.3) is 5.91 Å². The number of rotatable bonds is 6. The van der Waals surface area contributed by atoms with Crippen molar-refractivity contribution in [3.8, 4) is 5.75 Å². The standard InChI is InChI=1S/C24H21BrN2O3S/c1-2-30-21-13-11-20(12-14-21)27-22(28)15-31-24(27)17-5-9-19(10-6-17)26-23(29)16-3-7-18(25)8-4-16/h3-14,24H,2,15H2,1H3,(H,26,29). The molecule has 31 heavy (non-hydrogen) atoms. The van der Waals surface area contributed by atoms with Gasteiger partial charge in [-0.3, -0.25) is 14.5 Å². The molecule has 7 heteroatoms. The summed E-state index contributed by atoms with van der Waals surface area (Å²) < 4.78 is 6.42. The molecule has 3 aromatic carbocycles. The zero-order chi connectivity index (χ0) is 21.8. The van der Waals surface area contributed by atoms with E-state index in [4.69, 9.17) is 4.74 Å². The molecule has 0 bridgehead atoms. The summed E-state index contributed by atoms with van der Waals surface area (Å²) in [7, 11) is 0. The summed E-state index contributed by atoms with van der Waals surface area (Å²) in [4.78, 5) is 26.8. The van der Waals surface area contributed by atoms with E-state index in [9.17, 15) is 9.59 Å². The first-order valence-corrected chi connectivity index (χ1v) is 11.7. The van der Waals surface area contributed by atoms with Crippen LogP contribution in [0.4, 0.5) is 11.4 Å². The van der Waals surface area contributed by atoms with Crippen molar-refractivity contribution in [2.75, 3.05) is 22.6 Å². The number of nitrogens with one attached hydrogen (secondary N) is 1. The number of nitrogens with zero attached hydrogens (tertiary/aromatic N) is 1. The number of thioether (sulfide) groups is 1. The van der Waals surface area contributed by atoms with Crippen LogP contribution in [0.1, 0.15) is 28.2 Å². The molecule has 0 radical (unpaired) electrons. The van der Waals surface area contributed by atoms with Gasteiger partial charge in [-0.2, -0.15) is 0 Å². The second-order valence-corrected chi connectivity index (χ2v) is 8.92. The molecule has 1 saturated heterocycles. The number of anilines is 2. The largest absolute Gasteiger partial charge is 0.494 e. The lowest BCUT2D eigenvalue weighted by Gasteiger charge is -2.24. The minimum Gasteiger partial charge on any atom is -0.494 e. The minimum absolute atomic E-state index is 0.0757. The van der Waals surface area contributed by atoms with Crippen molar-refractivity contribution in [1.29, 1.82) is 0 Å². The zero-order valence-electron chi connectivity index (χ0n) is 16.9. The summed E-state index contributed by atoms with van der Waals surface area (Å²) in [6.45, 7) is 2.54. The van der Waals surface area contributed by atoms with E-state index < -0.39 is 0 Å². The van der Waals surface area contributed by atoms with Gasteiger partial charge in [-0.15, -0.1) is 11.8 Å². The van der Waals surface area contributed by atoms with Gasteiger partial charge >= 0.3 is 0 Å². The van der Waals surface area contributed by atoms with Crippen LogP contribution in [0.2, 0.25) is 0 Å². The van der Waals surface area contributed by atoms with Crippen LogP contribution in [0.15, 0.2) is 77.3 Å². The van der Waals surface area contributed by atoms with Gasteiger partial charge in [-0.05, 0) is 73.2 Å². The molecule has 3 aromatic rings. The Kier molecular flexibility index (Phi) is 6.63. The molecule has 0 aliphatic carbocycles. The maximum Gasteiger partial charge on any atom is 0.255 e. The van der Waals surface area contributed by atoms with Crippen LogP contribution in [-0.4, -0.2) is 24.2 Å². The highest BCUT2D eigenvalue weighted by Gasteiger charge is 2.34. The third-order valence-electron chi connectivity index (χ3n) is 4.85. The third kappa shape index (κ3) is 4.94. The van der Waals surface area contributed by atoms with E-state index in [0.29, 0.717) is 23.6 Å². The van der Waals surface area contributed by atoms with Gasteiger partial charge < -0.3 is 10.1 Å². The van der Waals surface area contributed by atoms with Crippen LogP contribution in [0.3, 0.4) is 0 Å². The maximum absolute atomic E-state index is 12.6. The number of carbonyl (C=O) groups is 2. The quantitative estimate of drug-likeness (QED) is 0.462. The van der Waals surface area contributed by atoms with E-state index in [-0.39, 0.29) is 17.2 Å². The molecule has 1 atom stereocenters. The normalized spacial score (nSPS) is 15.7. The Morgan fingerprint density at radius 2 is 1.74 bits per heavy atom. The lowest BCUT2D eigenvalue weighted by molar-refractivity contribution is -0.115. The highest BCUT2D eigenvalue weighted by atomic mass is 79.9. The van der Waals surface area contributed by atoms with E-state index in [0.717, 1.165) is 21.5 Å². The summed E-state index contributed by atoms with van der Waals surface area (Å²) in [6, 6.07) is 22.4. The molecule has 0 aromatic heterocycles. The Balaban J connectivity index is 1.48. The second kappa shape index (κ2) is 9.58. The predicted octanol–water partition coefficient (Wildman–Crippen LogP) is 5.88. The first-order valence-electron chi connectivity index (χ1n) is 9.88. The Morgan fingerprint density at radius 1 is 1.06 bits per heavy atom. The van der Waals surface area contributed by atoms with Crippen molar-refractivity contribution >= 4 is 50.9 Å². The topological polar surface area (TPSA) is 58.6 Å². The molecular weight excluding hydrogens is 476 g/mol. The fourth-order valence-electron chi connectivity index (χ4n) is 3.36. The zero-order valence-corrected chi connectivity index (χ0v) is 19.3. The van der Waals surface area contributed by atoms with Crippen LogP contribution >= 0.6 is 27.7 Å². The number of halogens is 1. The molecule has 0 saturated carbocycles. The number of ether oxygens (including phenoxy) is 1. The highest BCUT2D eigenvalue weighted by molar-refractivity contribution is 9.10. The van der Waals surface area contributed by atoms with Gasteiger partial charge in [0.2, 0.25) is 5.91 Å². The van der Waals surface area contributed by atoms with Gasteiger partial charge in [0, 0.05) is 21.4 Å². The van der Waals surface area contributed by atoms with E-state index in [1.54, 1.807) is 23.9 Å². The SMILES string of the molecule is CCOc1ccc(N2C(=O)CSC2c2ccc(NC(=O)c3ccc(Br)cc3)cc2)cc1. The van der Waals surface area contributed by atoms with Gasteiger partial charge in [0.15, 0.2) is 0 Å². The van der Waals surface area contributed by atoms with Gasteiger partial charge in [0.05, 0.1) is 12.4 Å². The minimum atomic E-state index is -0.165. The summed E-state index contributed by atoms with van der Waals surface area (Å²) in [5, 5.41) is 2.80. The smallest absolute Gasteiger partial charge is 0.255 e. The van der Waals surface area contributed by atoms with Crippen molar-refractivity contribution in [3.05, 3.63) is 88.4 Å². The number of benzene rings is 3. The van der Waals surface area contributed by atoms with Crippen molar-refractivity contribution in [3.63, 3.8) is 0 Å². The van der Waals surface area contributed by atoms with Gasteiger partial charge in [-0.25, -0.2) is 0 Å². The Labute approximate surface area is 193 Å². The van der Waals surface area contributed by atoms with Crippen LogP contribution in [0.25, 0.3) is 0 Å². The summed E-state index contributed by atoms with van der Waals surface area (Å²) in [5.74, 6) is 1.13. The van der Waals surface area contributed by atoms with E-state index in [2.05, 4.69) is 21.2 Å². The van der Waals surface area contributed by atoms with Crippen molar-refractivity contribution in [1.82, 2.24) is 0 Å². The molecule has 1 N–H and O–H groups in total. The molecule has 1 aliphatic rings. The molecule has 5 nitrogen and oxygen atoms in total. The van der Waals surface area contributed by atoms with Crippen LogP contribution in [0, 0.1) is 0 Å². The lowest BCUT2D eigenvalue weighted by atomic mass is 10.1. The van der Waals surface area contributed by atoms with Crippen LogP contribution in [-0.2, 0) is 4.79 Å². The van der Waals surface area contributed by atoms with E-state index >= 15 is 0 Å². The predicted molar refractivity (Wildman–Crippen MR) is 129 cm³/mol. The third-order valence-corrected chi connectivity index (χ3v) is 6.59. The van der Waals surface area contributed by atoms with Crippen molar-refractivity contribution < 1.29 is 14.3 Å². The van der Waals surface area contributed by atoms with E-state index in [1.807, 2.05) is 72.5 Å². The molecule has 0 spiro atoms. The van der Waals surface area contributed by atoms with Crippen molar-refractivity contribution in [2.45, 2.75) is 12.3 Å². The Bertz CT molecular complexity index is 1070. The molecule has 158 valence electrons. The number of hydrogen-bond acceptors (Lipinski definition) is 4. The Morgan fingerprint density at radius 3 is 2.39 bits per heavy atom. The number of hydrogen-bond donors (Lipinski definition) is 1. The molecule has 1 aliphatic heterocycles. The fraction of sp³-hybridized carbons (Fsp3) is 0.167. The first kappa shape index (κ1) is 21.5. The Hall–Kier alpha value is -2.77. The van der Waals surface area contributed by atoms with Gasteiger partial charge in [0.1, 0.15) is 11.1 Å². The van der Waals surface area contributed by atoms with E-state index in [1.165, 1.54) is 0 Å². The van der Waals surface area contributed by atoms with Gasteiger partial charge in [-0.1, -0.05) is 28.1 Å². The first-order chi connectivity index (χ1) is 15.0. The molecule has 1 unspecified atom stereocenters.